The van der Waals surface area contributed by atoms with Crippen molar-refractivity contribution < 1.29 is 0 Å². The van der Waals surface area contributed by atoms with E-state index in [4.69, 9.17) is 4.98 Å². The largest absolute Gasteiger partial charge is 0.355 e. The van der Waals surface area contributed by atoms with Gasteiger partial charge in [-0.25, -0.2) is 4.98 Å². The molecule has 1 aliphatic rings. The van der Waals surface area contributed by atoms with Crippen molar-refractivity contribution in [2.24, 2.45) is 0 Å². The molecule has 5 nitrogen and oxygen atoms in total. The van der Waals surface area contributed by atoms with Gasteiger partial charge in [-0.15, -0.1) is 0 Å². The maximum absolute atomic E-state index is 9.41. The first-order valence-electron chi connectivity index (χ1n) is 18.9. The van der Waals surface area contributed by atoms with Gasteiger partial charge in [0.05, 0.1) is 16.9 Å². The van der Waals surface area contributed by atoms with Crippen LogP contribution in [0.15, 0.2) is 78.9 Å². The van der Waals surface area contributed by atoms with Gasteiger partial charge in [-0.2, -0.15) is 0 Å². The monoisotopic (exact) mass is 701 g/mol. The molecule has 4 N–H and O–H groups in total. The molecule has 0 fully saturated rings. The molecule has 0 saturated heterocycles. The predicted molar refractivity (Wildman–Crippen MR) is 227 cm³/mol. The van der Waals surface area contributed by atoms with E-state index in [1.54, 1.807) is 0 Å². The minimum Gasteiger partial charge on any atom is -0.355 e. The van der Waals surface area contributed by atoms with E-state index >= 15 is 0 Å². The summed E-state index contributed by atoms with van der Waals surface area (Å²) in [5.74, 6) is 0. The summed E-state index contributed by atoms with van der Waals surface area (Å²) in [6.07, 6.45) is 4.04. The third-order valence-electron chi connectivity index (χ3n) is 10.6. The maximum atomic E-state index is 9.41. The zero-order valence-corrected chi connectivity index (χ0v) is 33.6. The molecule has 5 heteroatoms. The average molecular weight is 702 g/mol. The van der Waals surface area contributed by atoms with Gasteiger partial charge >= 0.3 is 0 Å². The van der Waals surface area contributed by atoms with Crippen LogP contribution in [0, 0.1) is 5.41 Å². The van der Waals surface area contributed by atoms with E-state index in [2.05, 4.69) is 177 Å². The second kappa shape index (κ2) is 12.5. The van der Waals surface area contributed by atoms with Crippen LogP contribution in [-0.4, -0.2) is 19.9 Å². The third kappa shape index (κ3) is 7.14. The molecule has 0 amide bonds. The molecule has 0 aliphatic carbocycles. The molecule has 6 aromatic rings. The zero-order chi connectivity index (χ0) is 38.2. The van der Waals surface area contributed by atoms with Crippen molar-refractivity contribution in [1.29, 1.82) is 5.41 Å². The molecule has 7 rings (SSSR count). The minimum atomic E-state index is -0.0365. The number of rotatable bonds is 2. The quantitative estimate of drug-likeness (QED) is 0.142. The third-order valence-corrected chi connectivity index (χ3v) is 10.6. The van der Waals surface area contributed by atoms with E-state index in [1.807, 2.05) is 12.1 Å². The van der Waals surface area contributed by atoms with Crippen molar-refractivity contribution >= 4 is 45.3 Å². The lowest BCUT2D eigenvalue weighted by atomic mass is 9.79. The topological polar surface area (TPSA) is 84.1 Å². The fraction of sp³-hybridized carbons (Fsp3) is 0.333. The zero-order valence-electron chi connectivity index (χ0n) is 33.6. The first kappa shape index (κ1) is 36.2. The Kier molecular flexibility index (Phi) is 8.52. The lowest BCUT2D eigenvalue weighted by Gasteiger charge is -2.26. The van der Waals surface area contributed by atoms with E-state index in [9.17, 15) is 5.41 Å². The summed E-state index contributed by atoms with van der Waals surface area (Å²) in [6.45, 7) is 27.3. The van der Waals surface area contributed by atoms with Crippen LogP contribution in [0.5, 0.6) is 0 Å². The summed E-state index contributed by atoms with van der Waals surface area (Å²) in [7, 11) is 0. The first-order valence-corrected chi connectivity index (χ1v) is 18.9. The SMILES string of the molecule is CC(C)(C)c1cc(-c2c3nc(c(=N)c4ccc([nH]4)c(-c4cc(C(C)(C)C)cc(C(C)(C)C)c4)c4ccc(cc5ccc2[nH]5)[nH]4)C=C3)cc(C(C)(C)C)c1. The fourth-order valence-corrected chi connectivity index (χ4v) is 7.09. The van der Waals surface area contributed by atoms with Gasteiger partial charge < -0.3 is 15.0 Å². The van der Waals surface area contributed by atoms with Crippen LogP contribution in [0.1, 0.15) is 117 Å². The molecule has 2 aromatic carbocycles. The number of H-pyrrole nitrogens is 3. The van der Waals surface area contributed by atoms with Crippen LogP contribution in [0.3, 0.4) is 0 Å². The molecule has 0 spiro atoms. The van der Waals surface area contributed by atoms with Crippen LogP contribution in [-0.2, 0) is 21.7 Å². The van der Waals surface area contributed by atoms with Gasteiger partial charge in [0.2, 0.25) is 0 Å². The molecule has 0 saturated carbocycles. The Morgan fingerprint density at radius 1 is 0.415 bits per heavy atom. The van der Waals surface area contributed by atoms with Crippen molar-refractivity contribution in [1.82, 2.24) is 19.9 Å². The van der Waals surface area contributed by atoms with Crippen molar-refractivity contribution in [3.8, 4) is 22.3 Å². The van der Waals surface area contributed by atoms with Crippen LogP contribution in [0.4, 0.5) is 0 Å². The second-order valence-electron chi connectivity index (χ2n) is 19.0. The summed E-state index contributed by atoms with van der Waals surface area (Å²) in [5, 5.41) is 9.77. The highest BCUT2D eigenvalue weighted by atomic mass is 14.8. The lowest BCUT2D eigenvalue weighted by molar-refractivity contribution is 0.568. The molecule has 5 heterocycles. The number of aromatic nitrogens is 4. The molecule has 0 radical (unpaired) electrons. The van der Waals surface area contributed by atoms with Crippen molar-refractivity contribution in [2.45, 2.75) is 105 Å². The summed E-state index contributed by atoms with van der Waals surface area (Å²) >= 11 is 0. The normalized spacial score (nSPS) is 13.3. The lowest BCUT2D eigenvalue weighted by Crippen LogP contribution is -2.16. The Balaban J connectivity index is 1.58. The van der Waals surface area contributed by atoms with E-state index in [0.29, 0.717) is 11.1 Å². The van der Waals surface area contributed by atoms with Crippen LogP contribution < -0.4 is 5.36 Å². The van der Waals surface area contributed by atoms with Gasteiger partial charge in [-0.05, 0) is 110 Å². The maximum Gasteiger partial charge on any atom is 0.103 e. The summed E-state index contributed by atoms with van der Waals surface area (Å²) < 4.78 is 0. The Hall–Kier alpha value is -5.16. The highest BCUT2D eigenvalue weighted by Gasteiger charge is 2.24. The standard InChI is InChI=1S/C48H55N5/c1-45(2,3)30-21-28(22-31(25-30)46(4,5)6)42-36-15-13-34(50-36)27-35-14-16-37(51-35)43(29-23-32(47(7,8)9)26-33(24-29)48(10,11)12)39-18-20-41(53-39)44(49)40-19-17-38(42)52-40/h13-27,49-52H,1-12H3. The van der Waals surface area contributed by atoms with Gasteiger partial charge in [0.25, 0.3) is 0 Å². The molecule has 0 unspecified atom stereocenters. The van der Waals surface area contributed by atoms with Crippen LogP contribution >= 0.6 is 0 Å². The number of fused-ring (bicyclic) bond motifs is 8. The molecule has 272 valence electrons. The summed E-state index contributed by atoms with van der Waals surface area (Å²) in [4.78, 5) is 16.3. The second-order valence-corrected chi connectivity index (χ2v) is 19.0. The number of aromatic amines is 3. The van der Waals surface area contributed by atoms with Crippen molar-refractivity contribution in [2.75, 3.05) is 0 Å². The molecule has 0 atom stereocenters. The molecule has 8 bridgehead atoms. The van der Waals surface area contributed by atoms with E-state index in [1.165, 1.54) is 22.3 Å². The Morgan fingerprint density at radius 3 is 1.26 bits per heavy atom. The average Bonchev–Trinajstić information content (AvgIpc) is 3.88. The van der Waals surface area contributed by atoms with Gasteiger partial charge in [0.1, 0.15) is 5.36 Å². The van der Waals surface area contributed by atoms with Crippen molar-refractivity contribution in [3.63, 3.8) is 0 Å². The number of nitrogens with one attached hydrogen (secondary N) is 4. The van der Waals surface area contributed by atoms with Gasteiger partial charge in [0, 0.05) is 38.7 Å². The van der Waals surface area contributed by atoms with Gasteiger partial charge in [-0.1, -0.05) is 119 Å². The van der Waals surface area contributed by atoms with Crippen LogP contribution in [0.2, 0.25) is 0 Å². The van der Waals surface area contributed by atoms with Gasteiger partial charge in [0.15, 0.2) is 0 Å². The minimum absolute atomic E-state index is 0.0305. The van der Waals surface area contributed by atoms with E-state index in [0.717, 1.165) is 61.0 Å². The molecular weight excluding hydrogens is 647 g/mol. The van der Waals surface area contributed by atoms with E-state index in [-0.39, 0.29) is 21.7 Å². The van der Waals surface area contributed by atoms with E-state index < -0.39 is 0 Å². The first-order chi connectivity index (χ1) is 24.6. The van der Waals surface area contributed by atoms with Crippen molar-refractivity contribution in [3.05, 3.63) is 118 Å². The Bertz CT molecular complexity index is 2550. The fourth-order valence-electron chi connectivity index (χ4n) is 7.09. The number of benzene rings is 2. The Morgan fingerprint density at radius 2 is 0.792 bits per heavy atom. The summed E-state index contributed by atoms with van der Waals surface area (Å²) in [6, 6.07) is 28.9. The molecule has 4 aromatic heterocycles. The number of nitrogens with zero attached hydrogens (tertiary/aromatic N) is 1. The predicted octanol–water partition coefficient (Wildman–Crippen LogP) is 12.7. The smallest absolute Gasteiger partial charge is 0.103 e. The number of hydrogen-bond donors (Lipinski definition) is 4. The van der Waals surface area contributed by atoms with Gasteiger partial charge in [-0.3, -0.25) is 5.41 Å². The highest BCUT2D eigenvalue weighted by molar-refractivity contribution is 5.95. The summed E-state index contributed by atoms with van der Waals surface area (Å²) in [5.41, 5.74) is 16.5. The Labute approximate surface area is 314 Å². The van der Waals surface area contributed by atoms with Crippen LogP contribution in [0.25, 0.3) is 67.5 Å². The molecule has 1 aliphatic heterocycles. The molecular formula is C48H55N5. The number of hydrogen-bond acceptors (Lipinski definition) is 2. The highest BCUT2D eigenvalue weighted by Crippen LogP contribution is 2.39. The molecule has 53 heavy (non-hydrogen) atoms.